The summed E-state index contributed by atoms with van der Waals surface area (Å²) < 4.78 is 31.2. The topological polar surface area (TPSA) is 105 Å². The van der Waals surface area contributed by atoms with Crippen molar-refractivity contribution in [2.75, 3.05) is 11.3 Å². The van der Waals surface area contributed by atoms with Crippen LogP contribution < -0.4 is 15.4 Å². The molecule has 0 spiro atoms. The fraction of sp³-hybridized carbons (Fsp3) is 0.429. The van der Waals surface area contributed by atoms with Gasteiger partial charge < -0.3 is 10.6 Å². The van der Waals surface area contributed by atoms with Crippen LogP contribution in [0.5, 0.6) is 0 Å². The summed E-state index contributed by atoms with van der Waals surface area (Å²) in [6.45, 7) is 3.82. The first-order valence-corrected chi connectivity index (χ1v) is 14.6. The van der Waals surface area contributed by atoms with Gasteiger partial charge in [0.2, 0.25) is 5.91 Å². The average molecular weight is 522 g/mol. The lowest BCUT2D eigenvalue weighted by atomic mass is 9.90. The molecule has 1 aliphatic heterocycles. The van der Waals surface area contributed by atoms with E-state index in [4.69, 9.17) is 0 Å². The molecule has 3 N–H and O–H groups in total. The lowest BCUT2D eigenvalue weighted by Crippen LogP contribution is -2.35. The van der Waals surface area contributed by atoms with E-state index < -0.39 is 15.9 Å². The zero-order valence-electron chi connectivity index (χ0n) is 21.2. The Morgan fingerprint density at radius 2 is 2.00 bits per heavy atom. The highest BCUT2D eigenvalue weighted by Crippen LogP contribution is 2.30. The number of imidazole rings is 1. The first kappa shape index (κ1) is 25.6. The van der Waals surface area contributed by atoms with Gasteiger partial charge in [0, 0.05) is 38.1 Å². The molecule has 196 valence electrons. The predicted molar refractivity (Wildman–Crippen MR) is 144 cm³/mol. The predicted octanol–water partition coefficient (Wildman–Crippen LogP) is 4.27. The van der Waals surface area contributed by atoms with Gasteiger partial charge in [-0.1, -0.05) is 49.9 Å². The van der Waals surface area contributed by atoms with Gasteiger partial charge in [0.15, 0.2) is 0 Å². The smallest absolute Gasteiger partial charge is 0.261 e. The summed E-state index contributed by atoms with van der Waals surface area (Å²) in [7, 11) is -3.86. The Kier molecular flexibility index (Phi) is 7.73. The van der Waals surface area contributed by atoms with Crippen molar-refractivity contribution < 1.29 is 13.2 Å². The van der Waals surface area contributed by atoms with E-state index >= 15 is 0 Å². The lowest BCUT2D eigenvalue weighted by Gasteiger charge is -2.26. The first-order chi connectivity index (χ1) is 17.9. The minimum atomic E-state index is -3.86. The number of para-hydroxylation sites is 1. The van der Waals surface area contributed by atoms with Crippen molar-refractivity contribution in [1.82, 2.24) is 20.2 Å². The molecule has 0 saturated heterocycles. The normalized spacial score (nSPS) is 18.9. The van der Waals surface area contributed by atoms with Crippen LogP contribution >= 0.6 is 0 Å². The summed E-state index contributed by atoms with van der Waals surface area (Å²) in [4.78, 5) is 17.2. The van der Waals surface area contributed by atoms with Crippen LogP contribution in [0.4, 0.5) is 5.69 Å². The van der Waals surface area contributed by atoms with Gasteiger partial charge in [0.25, 0.3) is 10.0 Å². The minimum absolute atomic E-state index is 0.142. The second-order valence-corrected chi connectivity index (χ2v) is 12.0. The highest BCUT2D eigenvalue weighted by Gasteiger charge is 2.29. The third-order valence-corrected chi connectivity index (χ3v) is 8.95. The molecule has 1 fully saturated rings. The molecule has 1 saturated carbocycles. The summed E-state index contributed by atoms with van der Waals surface area (Å²) in [6, 6.07) is 12.9. The molecule has 2 aliphatic rings. The van der Waals surface area contributed by atoms with Gasteiger partial charge in [-0.05, 0) is 54.2 Å². The molecule has 0 bridgehead atoms. The van der Waals surface area contributed by atoms with Crippen LogP contribution in [0.25, 0.3) is 0 Å². The molecule has 9 heteroatoms. The number of anilines is 1. The molecule has 5 rings (SSSR count). The van der Waals surface area contributed by atoms with Crippen LogP contribution in [-0.2, 0) is 23.1 Å². The van der Waals surface area contributed by atoms with E-state index in [1.165, 1.54) is 36.6 Å². The zero-order chi connectivity index (χ0) is 25.8. The minimum Gasteiger partial charge on any atom is -0.312 e. The van der Waals surface area contributed by atoms with Crippen LogP contribution in [-0.4, -0.2) is 36.5 Å². The van der Waals surface area contributed by atoms with Gasteiger partial charge in [0.1, 0.15) is 6.33 Å². The van der Waals surface area contributed by atoms with Crippen molar-refractivity contribution in [3.63, 3.8) is 0 Å². The molecule has 0 amide bonds. The van der Waals surface area contributed by atoms with Crippen molar-refractivity contribution in [3.8, 4) is 0 Å². The molecule has 8 nitrogen and oxygen atoms in total. The Bertz CT molecular complexity index is 1330. The number of sulfonamides is 1. The van der Waals surface area contributed by atoms with Crippen LogP contribution in [0.2, 0.25) is 0 Å². The summed E-state index contributed by atoms with van der Waals surface area (Å²) >= 11 is 0. The van der Waals surface area contributed by atoms with Crippen LogP contribution in [0, 0.1) is 5.92 Å². The summed E-state index contributed by atoms with van der Waals surface area (Å²) in [5.41, 5.74) is 3.12. The number of hydrogen-bond donors (Lipinski definition) is 3. The molecule has 2 aromatic carbocycles. The number of hydrogen-bond acceptors (Lipinski definition) is 6. The maximum absolute atomic E-state index is 13.5. The Balaban J connectivity index is 1.32. The van der Waals surface area contributed by atoms with Crippen molar-refractivity contribution in [2.24, 2.45) is 5.92 Å². The zero-order valence-corrected chi connectivity index (χ0v) is 22.0. The summed E-state index contributed by atoms with van der Waals surface area (Å²) in [5, 5.41) is 6.84. The largest absolute Gasteiger partial charge is 0.312 e. The monoisotopic (exact) mass is 521 g/mol. The lowest BCUT2D eigenvalue weighted by molar-refractivity contribution is 0.0872. The third kappa shape index (κ3) is 5.95. The van der Waals surface area contributed by atoms with Crippen molar-refractivity contribution in [2.45, 2.75) is 69.0 Å². The van der Waals surface area contributed by atoms with Gasteiger partial charge in [-0.3, -0.25) is 14.1 Å². The number of nitrogens with zero attached hydrogens (tertiary/aromatic N) is 2. The number of carbonyl (C=O) groups is 1. The van der Waals surface area contributed by atoms with Crippen LogP contribution in [0.15, 0.2) is 66.1 Å². The van der Waals surface area contributed by atoms with E-state index in [2.05, 4.69) is 27.3 Å². The molecule has 37 heavy (non-hydrogen) atoms. The first-order valence-electron chi connectivity index (χ1n) is 13.1. The van der Waals surface area contributed by atoms with E-state index in [9.17, 15) is 13.2 Å². The van der Waals surface area contributed by atoms with E-state index in [1.807, 2.05) is 18.2 Å². The number of rotatable bonds is 9. The molecule has 1 unspecified atom stereocenters. The summed E-state index contributed by atoms with van der Waals surface area (Å²) in [5.74, 6) is 0.155. The Hall–Kier alpha value is -3.01. The van der Waals surface area contributed by atoms with Crippen molar-refractivity contribution in [1.29, 1.82) is 0 Å². The maximum atomic E-state index is 13.5. The molecule has 1 aromatic heterocycles. The maximum Gasteiger partial charge on any atom is 0.261 e. The van der Waals surface area contributed by atoms with Gasteiger partial charge in [-0.25, -0.2) is 13.4 Å². The number of aromatic nitrogens is 2. The number of carbonyl (C=O) groups excluding carboxylic acids is 1. The fourth-order valence-electron chi connectivity index (χ4n) is 5.57. The molecule has 3 aromatic rings. The van der Waals surface area contributed by atoms with Gasteiger partial charge in [-0.2, -0.15) is 0 Å². The van der Waals surface area contributed by atoms with E-state index in [0.29, 0.717) is 31.4 Å². The number of nitrogens with one attached hydrogen (secondary N) is 3. The van der Waals surface area contributed by atoms with E-state index in [-0.39, 0.29) is 10.8 Å². The average Bonchev–Trinajstić information content (AvgIpc) is 3.62. The molecule has 1 aliphatic carbocycles. The molecule has 2 heterocycles. The second-order valence-electron chi connectivity index (χ2n) is 10.3. The highest BCUT2D eigenvalue weighted by atomic mass is 32.2. The van der Waals surface area contributed by atoms with Crippen LogP contribution in [0.3, 0.4) is 0 Å². The number of benzene rings is 2. The highest BCUT2D eigenvalue weighted by molar-refractivity contribution is 7.92. The van der Waals surface area contributed by atoms with Gasteiger partial charge in [-0.15, -0.1) is 0 Å². The third-order valence-electron chi connectivity index (χ3n) is 7.59. The Labute approximate surface area is 218 Å². The summed E-state index contributed by atoms with van der Waals surface area (Å²) in [6.07, 6.45) is 11.1. The Morgan fingerprint density at radius 3 is 2.78 bits per heavy atom. The van der Waals surface area contributed by atoms with Crippen LogP contribution in [0.1, 0.15) is 66.4 Å². The molecule has 2 atom stereocenters. The van der Waals surface area contributed by atoms with Crippen molar-refractivity contribution in [3.05, 3.63) is 77.9 Å². The fourth-order valence-corrected chi connectivity index (χ4v) is 6.70. The quantitative estimate of drug-likeness (QED) is 0.388. The second kappa shape index (κ2) is 11.2. The number of fused-ring (bicyclic) bond motifs is 1. The molecule has 0 radical (unpaired) electrons. The SMILES string of the molecule is C[C@@H](CC1CCCC1)NCc1ccccc1NS(=O)(=O)c1ccc2c(c1)C(C(=O)n1ccnc1)CNC2. The van der Waals surface area contributed by atoms with E-state index in [0.717, 1.165) is 29.0 Å². The molecular weight excluding hydrogens is 486 g/mol. The standard InChI is InChI=1S/C28H35N5O3S/c1-20(14-21-6-2-3-7-21)31-17-23-8-4-5-9-27(23)32-37(35,36)24-11-10-22-16-30-18-26(25(22)15-24)28(34)33-13-12-29-19-33/h4-5,8-13,15,19-21,26,30-32H,2-3,6-7,14,16-18H2,1H3/t20-,26?/m0/s1. The molecular formula is C28H35N5O3S. The van der Waals surface area contributed by atoms with Crippen molar-refractivity contribution >= 4 is 21.6 Å². The van der Waals surface area contributed by atoms with Gasteiger partial charge in [0.05, 0.1) is 16.5 Å². The Morgan fingerprint density at radius 1 is 1.19 bits per heavy atom. The van der Waals surface area contributed by atoms with Gasteiger partial charge >= 0.3 is 0 Å². The van der Waals surface area contributed by atoms with E-state index in [1.54, 1.807) is 36.7 Å².